The van der Waals surface area contributed by atoms with Gasteiger partial charge in [0.05, 0.1) is 5.38 Å². The van der Waals surface area contributed by atoms with E-state index in [9.17, 15) is 0 Å². The first-order valence-electron chi connectivity index (χ1n) is 10.5. The van der Waals surface area contributed by atoms with Crippen molar-refractivity contribution in [1.29, 1.82) is 0 Å². The lowest BCUT2D eigenvalue weighted by molar-refractivity contribution is -0.106. The standard InChI is InChI=1S/C11H16ClNO.C10H17ClN2.C2H4O/c1-2-7-13-8-9-14-11-5-3-10(12)4-6-11;1-2-12-7-8-13-10-5-3-9(11)4-6-10;1-2-3/h3-6,13H,2,7-9H2,1H3;3,5-6,9,12-13H,2,4,7-8H2,1H3;2H,1H3. The van der Waals surface area contributed by atoms with Crippen molar-refractivity contribution in [2.75, 3.05) is 39.3 Å². The Kier molecular flexibility index (Phi) is 19.7. The van der Waals surface area contributed by atoms with E-state index in [1.165, 1.54) is 12.6 Å². The van der Waals surface area contributed by atoms with Crippen LogP contribution in [0.25, 0.3) is 0 Å². The van der Waals surface area contributed by atoms with Crippen LogP contribution >= 0.6 is 23.2 Å². The van der Waals surface area contributed by atoms with Crippen LogP contribution in [0, 0.1) is 0 Å². The first kappa shape index (κ1) is 28.5. The monoisotopic (exact) mass is 457 g/mol. The Morgan fingerprint density at radius 1 is 1.10 bits per heavy atom. The summed E-state index contributed by atoms with van der Waals surface area (Å²) in [6.07, 6.45) is 9.05. The second-order valence-electron chi connectivity index (χ2n) is 6.34. The third kappa shape index (κ3) is 17.3. The Balaban J connectivity index is 0.000000497. The van der Waals surface area contributed by atoms with Crippen LogP contribution in [-0.4, -0.2) is 51.0 Å². The average Bonchev–Trinajstić information content (AvgIpc) is 2.75. The minimum atomic E-state index is 0.180. The molecule has 1 atom stereocenters. The van der Waals surface area contributed by atoms with Gasteiger partial charge in [0.2, 0.25) is 0 Å². The lowest BCUT2D eigenvalue weighted by atomic mass is 10.1. The number of carbonyl (C=O) groups is 1. The number of hydrogen-bond donors (Lipinski definition) is 3. The molecule has 0 spiro atoms. The summed E-state index contributed by atoms with van der Waals surface area (Å²) in [5.74, 6) is 0.868. The highest BCUT2D eigenvalue weighted by molar-refractivity contribution is 6.30. The van der Waals surface area contributed by atoms with E-state index in [-0.39, 0.29) is 5.38 Å². The lowest BCUT2D eigenvalue weighted by Crippen LogP contribution is -2.26. The highest BCUT2D eigenvalue weighted by Crippen LogP contribution is 2.15. The van der Waals surface area contributed by atoms with Crippen molar-refractivity contribution in [3.05, 3.63) is 53.2 Å². The Bertz CT molecular complexity index is 593. The quantitative estimate of drug-likeness (QED) is 0.258. The van der Waals surface area contributed by atoms with Crippen molar-refractivity contribution >= 4 is 29.5 Å². The van der Waals surface area contributed by atoms with Gasteiger partial charge in [0, 0.05) is 30.4 Å². The second-order valence-corrected chi connectivity index (χ2v) is 7.34. The zero-order valence-corrected chi connectivity index (χ0v) is 19.9. The minimum absolute atomic E-state index is 0.180. The van der Waals surface area contributed by atoms with E-state index in [0.717, 1.165) is 62.6 Å². The largest absolute Gasteiger partial charge is 0.492 e. The number of alkyl halides is 1. The van der Waals surface area contributed by atoms with Crippen LogP contribution in [0.4, 0.5) is 0 Å². The predicted octanol–water partition coefficient (Wildman–Crippen LogP) is 4.56. The zero-order valence-electron chi connectivity index (χ0n) is 18.4. The fourth-order valence-electron chi connectivity index (χ4n) is 2.27. The third-order valence-electron chi connectivity index (χ3n) is 3.72. The van der Waals surface area contributed by atoms with E-state index in [0.29, 0.717) is 6.61 Å². The number of rotatable bonds is 11. The summed E-state index contributed by atoms with van der Waals surface area (Å²) < 4.78 is 5.49. The maximum atomic E-state index is 8.81. The van der Waals surface area contributed by atoms with Gasteiger partial charge in [-0.15, -0.1) is 11.6 Å². The highest BCUT2D eigenvalue weighted by atomic mass is 35.5. The smallest absolute Gasteiger partial charge is 0.119 e. The molecule has 170 valence electrons. The summed E-state index contributed by atoms with van der Waals surface area (Å²) in [6.45, 7) is 11.3. The molecule has 1 aromatic rings. The fraction of sp³-hybridized carbons (Fsp3) is 0.522. The molecule has 7 heteroatoms. The van der Waals surface area contributed by atoms with Gasteiger partial charge in [0.25, 0.3) is 0 Å². The average molecular weight is 458 g/mol. The molecule has 0 aromatic heterocycles. The second kappa shape index (κ2) is 20.7. The molecule has 0 saturated carbocycles. The number of ether oxygens (including phenoxy) is 1. The molecule has 0 fully saturated rings. The number of carbonyl (C=O) groups excluding carboxylic acids is 1. The van der Waals surface area contributed by atoms with Crippen molar-refractivity contribution in [3.8, 4) is 5.75 Å². The molecule has 30 heavy (non-hydrogen) atoms. The Morgan fingerprint density at radius 3 is 2.37 bits per heavy atom. The van der Waals surface area contributed by atoms with Crippen molar-refractivity contribution in [2.45, 2.75) is 39.0 Å². The molecule has 0 aliphatic heterocycles. The topological polar surface area (TPSA) is 62.4 Å². The van der Waals surface area contributed by atoms with Crippen LogP contribution in [0.3, 0.4) is 0 Å². The van der Waals surface area contributed by atoms with E-state index >= 15 is 0 Å². The van der Waals surface area contributed by atoms with Gasteiger partial charge in [0.15, 0.2) is 0 Å². The maximum absolute atomic E-state index is 8.81. The van der Waals surface area contributed by atoms with Crippen molar-refractivity contribution in [3.63, 3.8) is 0 Å². The number of aldehydes is 1. The van der Waals surface area contributed by atoms with E-state index in [1.807, 2.05) is 36.4 Å². The summed E-state index contributed by atoms with van der Waals surface area (Å²) in [5.41, 5.74) is 1.19. The number of allylic oxidation sites excluding steroid dienone is 3. The molecular formula is C23H37Cl2N3O2. The van der Waals surface area contributed by atoms with Gasteiger partial charge < -0.3 is 25.5 Å². The van der Waals surface area contributed by atoms with E-state index in [1.54, 1.807) is 0 Å². The molecule has 2 rings (SSSR count). The molecule has 5 nitrogen and oxygen atoms in total. The summed E-state index contributed by atoms with van der Waals surface area (Å²) in [7, 11) is 0. The lowest BCUT2D eigenvalue weighted by Gasteiger charge is -2.12. The summed E-state index contributed by atoms with van der Waals surface area (Å²) in [4.78, 5) is 8.81. The van der Waals surface area contributed by atoms with Gasteiger partial charge >= 0.3 is 0 Å². The van der Waals surface area contributed by atoms with E-state index in [2.05, 4.69) is 35.9 Å². The molecule has 0 heterocycles. The molecular weight excluding hydrogens is 421 g/mol. The SMILES string of the molecule is CC=O.CCCNCCOc1ccc(Cl)cc1.CCNCCNC1=CCC(Cl)C=C1. The summed E-state index contributed by atoms with van der Waals surface area (Å²) in [6, 6.07) is 7.41. The summed E-state index contributed by atoms with van der Waals surface area (Å²) in [5, 5.41) is 10.8. The maximum Gasteiger partial charge on any atom is 0.119 e. The van der Waals surface area contributed by atoms with E-state index in [4.69, 9.17) is 32.7 Å². The Morgan fingerprint density at radius 2 is 1.80 bits per heavy atom. The van der Waals surface area contributed by atoms with E-state index < -0.39 is 0 Å². The molecule has 0 saturated heterocycles. The molecule has 1 aliphatic rings. The Hall–Kier alpha value is -1.53. The number of benzene rings is 1. The molecule has 0 bridgehead atoms. The van der Waals surface area contributed by atoms with Gasteiger partial charge in [-0.1, -0.05) is 37.6 Å². The van der Waals surface area contributed by atoms with Crippen molar-refractivity contribution < 1.29 is 9.53 Å². The molecule has 0 radical (unpaired) electrons. The minimum Gasteiger partial charge on any atom is -0.492 e. The first-order chi connectivity index (χ1) is 14.6. The van der Waals surface area contributed by atoms with Crippen molar-refractivity contribution in [1.82, 2.24) is 16.0 Å². The molecule has 1 aliphatic carbocycles. The Labute approximate surface area is 192 Å². The van der Waals surface area contributed by atoms with Crippen molar-refractivity contribution in [2.24, 2.45) is 0 Å². The third-order valence-corrected chi connectivity index (χ3v) is 4.29. The normalized spacial score (nSPS) is 14.4. The summed E-state index contributed by atoms with van der Waals surface area (Å²) >= 11 is 11.6. The number of halogens is 2. The number of nitrogens with one attached hydrogen (secondary N) is 3. The van der Waals surface area contributed by atoms with Crippen LogP contribution in [0.15, 0.2) is 48.2 Å². The zero-order chi connectivity index (χ0) is 22.5. The van der Waals surface area contributed by atoms with Crippen LogP contribution < -0.4 is 20.7 Å². The van der Waals surface area contributed by atoms with Crippen LogP contribution in [0.5, 0.6) is 5.75 Å². The molecule has 1 unspecified atom stereocenters. The van der Waals surface area contributed by atoms with Gasteiger partial charge in [-0.3, -0.25) is 0 Å². The van der Waals surface area contributed by atoms with Gasteiger partial charge in [-0.25, -0.2) is 0 Å². The van der Waals surface area contributed by atoms with Crippen LogP contribution in [0.2, 0.25) is 5.02 Å². The number of hydrogen-bond acceptors (Lipinski definition) is 5. The predicted molar refractivity (Wildman–Crippen MR) is 130 cm³/mol. The first-order valence-corrected chi connectivity index (χ1v) is 11.3. The van der Waals surface area contributed by atoms with Gasteiger partial charge in [0.1, 0.15) is 18.6 Å². The highest BCUT2D eigenvalue weighted by Gasteiger charge is 2.03. The van der Waals surface area contributed by atoms with Crippen LogP contribution in [0.1, 0.15) is 33.6 Å². The van der Waals surface area contributed by atoms with Gasteiger partial charge in [-0.2, -0.15) is 0 Å². The molecule has 0 amide bonds. The number of likely N-dealkylation sites (N-methyl/N-ethyl adjacent to an activating group) is 1. The van der Waals surface area contributed by atoms with Gasteiger partial charge in [-0.05, 0) is 63.2 Å². The van der Waals surface area contributed by atoms with Crippen LogP contribution in [-0.2, 0) is 4.79 Å². The molecule has 3 N–H and O–H groups in total. The molecule has 1 aromatic carbocycles. The fourth-order valence-corrected chi connectivity index (χ4v) is 2.56.